The number of aromatic nitrogens is 1. The molecule has 0 radical (unpaired) electrons. The van der Waals surface area contributed by atoms with E-state index in [4.69, 9.17) is 14.2 Å². The zero-order valence-corrected chi connectivity index (χ0v) is 29.2. The highest BCUT2D eigenvalue weighted by atomic mass is 19.2. The van der Waals surface area contributed by atoms with Gasteiger partial charge in [0.25, 0.3) is 5.91 Å². The first kappa shape index (κ1) is 37.2. The minimum Gasteiger partial charge on any atom is -0.488 e. The minimum absolute atomic E-state index is 0.0611. The Bertz CT molecular complexity index is 1600. The molecule has 2 aliphatic rings. The number of carbonyl (C=O) groups excluding carboxylic acids is 3. The van der Waals surface area contributed by atoms with Crippen molar-refractivity contribution in [3.63, 3.8) is 0 Å². The lowest BCUT2D eigenvalue weighted by Gasteiger charge is -2.39. The molecule has 2 atom stereocenters. The van der Waals surface area contributed by atoms with Crippen LogP contribution in [-0.2, 0) is 32.7 Å². The molecule has 0 spiro atoms. The fourth-order valence-corrected chi connectivity index (χ4v) is 6.70. The van der Waals surface area contributed by atoms with Gasteiger partial charge in [-0.25, -0.2) is 8.78 Å². The molecule has 272 valence electrons. The van der Waals surface area contributed by atoms with Gasteiger partial charge >= 0.3 is 0 Å². The third-order valence-corrected chi connectivity index (χ3v) is 9.75. The summed E-state index contributed by atoms with van der Waals surface area (Å²) in [5.41, 5.74) is 1.53. The van der Waals surface area contributed by atoms with Gasteiger partial charge in [0, 0.05) is 44.7 Å². The van der Waals surface area contributed by atoms with Gasteiger partial charge in [0.1, 0.15) is 12.6 Å². The normalized spacial score (nSPS) is 16.7. The molecule has 1 saturated heterocycles. The van der Waals surface area contributed by atoms with E-state index in [0.29, 0.717) is 25.3 Å². The average Bonchev–Trinajstić information content (AvgIpc) is 3.40. The summed E-state index contributed by atoms with van der Waals surface area (Å²) in [5, 5.41) is 6.22. The predicted molar refractivity (Wildman–Crippen MR) is 185 cm³/mol. The van der Waals surface area contributed by atoms with Crippen LogP contribution in [-0.4, -0.2) is 104 Å². The van der Waals surface area contributed by atoms with Gasteiger partial charge < -0.3 is 39.2 Å². The van der Waals surface area contributed by atoms with Crippen LogP contribution in [0.25, 0.3) is 10.9 Å². The van der Waals surface area contributed by atoms with Crippen LogP contribution >= 0.6 is 0 Å². The Labute approximate surface area is 292 Å². The van der Waals surface area contributed by atoms with Crippen LogP contribution in [0.5, 0.6) is 5.75 Å². The largest absolute Gasteiger partial charge is 0.488 e. The van der Waals surface area contributed by atoms with Crippen molar-refractivity contribution < 1.29 is 37.4 Å². The Morgan fingerprint density at radius 1 is 0.880 bits per heavy atom. The summed E-state index contributed by atoms with van der Waals surface area (Å²) < 4.78 is 47.6. The molecule has 2 heterocycles. The predicted octanol–water partition coefficient (Wildman–Crippen LogP) is 4.03. The summed E-state index contributed by atoms with van der Waals surface area (Å²) in [7, 11) is 3.32. The van der Waals surface area contributed by atoms with Crippen molar-refractivity contribution in [1.82, 2.24) is 25.0 Å². The summed E-state index contributed by atoms with van der Waals surface area (Å²) in [5.74, 6) is -2.60. The van der Waals surface area contributed by atoms with E-state index in [0.717, 1.165) is 49.8 Å². The first-order chi connectivity index (χ1) is 24.2. The van der Waals surface area contributed by atoms with Gasteiger partial charge in [-0.2, -0.15) is 0 Å². The number of ether oxygens (including phenoxy) is 3. The van der Waals surface area contributed by atoms with Crippen LogP contribution in [0, 0.1) is 17.6 Å². The highest BCUT2D eigenvalue weighted by Crippen LogP contribution is 2.35. The third kappa shape index (κ3) is 8.98. The molecule has 2 fully saturated rings. The SMILES string of the molecule is CN[C@@H](C)C(=O)N[C@@H](C(=O)N1CCN(C(=O)c2c(OCCOCCOCc3ccccc3)c3cc(F)c(F)cc3n2C)CC1)C1CCCCC1. The zero-order chi connectivity index (χ0) is 35.6. The molecular weight excluding hydrogens is 648 g/mol. The fraction of sp³-hybridized carbons (Fsp3) is 0.541. The van der Waals surface area contributed by atoms with E-state index >= 15 is 0 Å². The van der Waals surface area contributed by atoms with Crippen LogP contribution in [0.2, 0.25) is 0 Å². The molecule has 1 aromatic heterocycles. The van der Waals surface area contributed by atoms with Gasteiger partial charge in [0.15, 0.2) is 23.1 Å². The Morgan fingerprint density at radius 3 is 2.22 bits per heavy atom. The third-order valence-electron chi connectivity index (χ3n) is 9.75. The lowest BCUT2D eigenvalue weighted by Crippen LogP contribution is -2.59. The minimum atomic E-state index is -1.05. The molecule has 3 amide bonds. The second-order valence-corrected chi connectivity index (χ2v) is 13.0. The number of amides is 3. The van der Waals surface area contributed by atoms with E-state index in [9.17, 15) is 23.2 Å². The van der Waals surface area contributed by atoms with Crippen LogP contribution < -0.4 is 15.4 Å². The number of nitrogens with one attached hydrogen (secondary N) is 2. The number of nitrogens with zero attached hydrogens (tertiary/aromatic N) is 3. The second-order valence-electron chi connectivity index (χ2n) is 13.0. The maximum Gasteiger partial charge on any atom is 0.274 e. The van der Waals surface area contributed by atoms with E-state index in [2.05, 4.69) is 10.6 Å². The molecule has 2 N–H and O–H groups in total. The lowest BCUT2D eigenvalue weighted by atomic mass is 9.83. The van der Waals surface area contributed by atoms with Crippen LogP contribution in [0.15, 0.2) is 42.5 Å². The van der Waals surface area contributed by atoms with E-state index in [-0.39, 0.29) is 79.9 Å². The number of fused-ring (bicyclic) bond motifs is 1. The number of rotatable bonds is 15. The number of hydrogen-bond acceptors (Lipinski definition) is 7. The Morgan fingerprint density at radius 2 is 1.52 bits per heavy atom. The first-order valence-electron chi connectivity index (χ1n) is 17.5. The van der Waals surface area contributed by atoms with E-state index in [1.807, 2.05) is 30.3 Å². The number of piperazine rings is 1. The molecule has 1 aliphatic carbocycles. The monoisotopic (exact) mass is 697 g/mol. The van der Waals surface area contributed by atoms with Gasteiger partial charge in [-0.15, -0.1) is 0 Å². The van der Waals surface area contributed by atoms with Crippen molar-refractivity contribution in [2.45, 2.75) is 57.7 Å². The van der Waals surface area contributed by atoms with Crippen molar-refractivity contribution in [3.8, 4) is 5.75 Å². The lowest BCUT2D eigenvalue weighted by molar-refractivity contribution is -0.140. The highest BCUT2D eigenvalue weighted by molar-refractivity contribution is 6.04. The molecular formula is C37H49F2N5O6. The molecule has 0 bridgehead atoms. The van der Waals surface area contributed by atoms with Gasteiger partial charge in [-0.1, -0.05) is 49.6 Å². The van der Waals surface area contributed by atoms with Crippen LogP contribution in [0.3, 0.4) is 0 Å². The molecule has 2 aromatic carbocycles. The van der Waals surface area contributed by atoms with Gasteiger partial charge in [0.2, 0.25) is 11.8 Å². The number of hydrogen-bond donors (Lipinski definition) is 2. The molecule has 5 rings (SSSR count). The topological polar surface area (TPSA) is 114 Å². The smallest absolute Gasteiger partial charge is 0.274 e. The Hall–Kier alpha value is -4.07. The van der Waals surface area contributed by atoms with Gasteiger partial charge in [-0.05, 0) is 44.4 Å². The van der Waals surface area contributed by atoms with Crippen molar-refractivity contribution in [2.75, 3.05) is 59.7 Å². The molecule has 0 unspecified atom stereocenters. The quantitative estimate of drug-likeness (QED) is 0.231. The van der Waals surface area contributed by atoms with Crippen LogP contribution in [0.1, 0.15) is 55.1 Å². The van der Waals surface area contributed by atoms with Gasteiger partial charge in [0.05, 0.1) is 38.0 Å². The molecule has 3 aromatic rings. The maximum atomic E-state index is 14.4. The zero-order valence-electron chi connectivity index (χ0n) is 29.2. The summed E-state index contributed by atoms with van der Waals surface area (Å²) in [4.78, 5) is 44.0. The molecule has 11 nitrogen and oxygen atoms in total. The Kier molecular flexibility index (Phi) is 13.2. The van der Waals surface area contributed by atoms with Crippen LogP contribution in [0.4, 0.5) is 8.78 Å². The first-order valence-corrected chi connectivity index (χ1v) is 17.5. The number of likely N-dealkylation sites (N-methyl/N-ethyl adjacent to an activating group) is 1. The van der Waals surface area contributed by atoms with Gasteiger partial charge in [-0.3, -0.25) is 14.4 Å². The van der Waals surface area contributed by atoms with E-state index in [1.165, 1.54) is 4.57 Å². The summed E-state index contributed by atoms with van der Waals surface area (Å²) in [6.07, 6.45) is 4.91. The fourth-order valence-electron chi connectivity index (χ4n) is 6.70. The Balaban J connectivity index is 1.22. The molecule has 50 heavy (non-hydrogen) atoms. The summed E-state index contributed by atoms with van der Waals surface area (Å²) >= 11 is 0. The number of carbonyl (C=O) groups is 3. The summed E-state index contributed by atoms with van der Waals surface area (Å²) in [6, 6.07) is 10.8. The standard InChI is InChI=1S/C37H49F2N5O6/c1-25(40-2)35(45)41-32(27-12-8-5-9-13-27)36(46)43-14-16-44(17-15-43)37(47)33-34(28-22-29(38)30(39)23-31(28)42(33)3)50-21-20-48-18-19-49-24-26-10-6-4-7-11-26/h4,6-7,10-11,22-23,25,27,32,40H,5,8-9,12-21,24H2,1-3H3,(H,41,45)/t25-,32+/m0/s1. The van der Waals surface area contributed by atoms with E-state index in [1.54, 1.807) is 30.8 Å². The van der Waals surface area contributed by atoms with Crippen molar-refractivity contribution in [1.29, 1.82) is 0 Å². The molecule has 1 saturated carbocycles. The van der Waals surface area contributed by atoms with Crippen molar-refractivity contribution in [3.05, 3.63) is 65.4 Å². The van der Waals surface area contributed by atoms with Crippen molar-refractivity contribution in [2.24, 2.45) is 13.0 Å². The van der Waals surface area contributed by atoms with Crippen molar-refractivity contribution >= 4 is 28.6 Å². The number of halogens is 2. The summed E-state index contributed by atoms with van der Waals surface area (Å²) in [6.45, 7) is 4.27. The number of benzene rings is 2. The molecule has 13 heteroatoms. The maximum absolute atomic E-state index is 14.4. The van der Waals surface area contributed by atoms with E-state index < -0.39 is 23.7 Å². The second kappa shape index (κ2) is 17.7. The highest BCUT2D eigenvalue weighted by Gasteiger charge is 2.37. The number of aryl methyl sites for hydroxylation is 1. The molecule has 1 aliphatic heterocycles. The average molecular weight is 698 g/mol.